The maximum atomic E-state index is 6.01. The van der Waals surface area contributed by atoms with Crippen LogP contribution in [0, 0.1) is 0 Å². The first-order valence-electron chi connectivity index (χ1n) is 5.74. The Morgan fingerprint density at radius 3 is 3.12 bits per heavy atom. The van der Waals surface area contributed by atoms with Crippen LogP contribution in [0.25, 0.3) is 10.8 Å². The number of nitrogens with zero attached hydrogens (tertiary/aromatic N) is 1. The SMILES string of the molecule is Clc1ccc2ccnc(O[C@H]3CCNC3)c2c1. The van der Waals surface area contributed by atoms with Gasteiger partial charge >= 0.3 is 0 Å². The first kappa shape index (κ1) is 10.8. The third-order valence-electron chi connectivity index (χ3n) is 2.99. The minimum atomic E-state index is 0.215. The summed E-state index contributed by atoms with van der Waals surface area (Å²) in [5.41, 5.74) is 0. The molecule has 0 unspecified atom stereocenters. The van der Waals surface area contributed by atoms with Crippen LogP contribution in [-0.2, 0) is 0 Å². The van der Waals surface area contributed by atoms with Crippen LogP contribution in [0.1, 0.15) is 6.42 Å². The lowest BCUT2D eigenvalue weighted by molar-refractivity contribution is 0.217. The smallest absolute Gasteiger partial charge is 0.221 e. The number of nitrogens with one attached hydrogen (secondary N) is 1. The maximum absolute atomic E-state index is 6.01. The van der Waals surface area contributed by atoms with E-state index in [0.29, 0.717) is 10.9 Å². The van der Waals surface area contributed by atoms with E-state index in [2.05, 4.69) is 10.3 Å². The molecule has 1 aliphatic heterocycles. The van der Waals surface area contributed by atoms with Gasteiger partial charge in [0.2, 0.25) is 5.88 Å². The van der Waals surface area contributed by atoms with Crippen molar-refractivity contribution in [2.75, 3.05) is 13.1 Å². The molecule has 1 atom stereocenters. The number of halogens is 1. The zero-order valence-electron chi connectivity index (χ0n) is 9.32. The first-order chi connectivity index (χ1) is 8.33. The molecule has 0 radical (unpaired) electrons. The van der Waals surface area contributed by atoms with Crippen molar-refractivity contribution < 1.29 is 4.74 Å². The standard InChI is InChI=1S/C13H13ClN2O/c14-10-2-1-9-3-6-16-13(12(9)7-10)17-11-4-5-15-8-11/h1-3,6-7,11,15H,4-5,8H2/t11-/m0/s1. The van der Waals surface area contributed by atoms with Gasteiger partial charge in [0.25, 0.3) is 0 Å². The van der Waals surface area contributed by atoms with Crippen LogP contribution in [0.15, 0.2) is 30.5 Å². The number of hydrogen-bond donors (Lipinski definition) is 1. The molecule has 1 aromatic heterocycles. The molecule has 0 bridgehead atoms. The van der Waals surface area contributed by atoms with Gasteiger partial charge in [-0.25, -0.2) is 4.98 Å². The van der Waals surface area contributed by atoms with Gasteiger partial charge in [0.15, 0.2) is 0 Å². The van der Waals surface area contributed by atoms with E-state index in [0.717, 1.165) is 30.3 Å². The van der Waals surface area contributed by atoms with E-state index >= 15 is 0 Å². The minimum absolute atomic E-state index is 0.215. The molecule has 1 aliphatic rings. The van der Waals surface area contributed by atoms with Crippen LogP contribution in [0.4, 0.5) is 0 Å². The van der Waals surface area contributed by atoms with E-state index in [1.165, 1.54) is 0 Å². The molecular weight excluding hydrogens is 236 g/mol. The van der Waals surface area contributed by atoms with Crippen molar-refractivity contribution in [1.29, 1.82) is 0 Å². The summed E-state index contributed by atoms with van der Waals surface area (Å²) < 4.78 is 5.91. The van der Waals surface area contributed by atoms with E-state index in [-0.39, 0.29) is 6.10 Å². The second kappa shape index (κ2) is 4.51. The molecule has 3 nitrogen and oxygen atoms in total. The van der Waals surface area contributed by atoms with E-state index in [4.69, 9.17) is 16.3 Å². The highest BCUT2D eigenvalue weighted by Crippen LogP contribution is 2.27. The quantitative estimate of drug-likeness (QED) is 0.887. The predicted molar refractivity (Wildman–Crippen MR) is 68.7 cm³/mol. The number of pyridine rings is 1. The lowest BCUT2D eigenvalue weighted by Gasteiger charge is -2.13. The highest BCUT2D eigenvalue weighted by molar-refractivity contribution is 6.31. The normalized spacial score (nSPS) is 19.7. The zero-order valence-corrected chi connectivity index (χ0v) is 10.1. The van der Waals surface area contributed by atoms with Gasteiger partial charge in [0.1, 0.15) is 6.10 Å². The Balaban J connectivity index is 1.99. The predicted octanol–water partition coefficient (Wildman–Crippen LogP) is 2.63. The minimum Gasteiger partial charge on any atom is -0.473 e. The van der Waals surface area contributed by atoms with Crippen LogP contribution >= 0.6 is 11.6 Å². The van der Waals surface area contributed by atoms with Gasteiger partial charge in [0, 0.05) is 23.2 Å². The van der Waals surface area contributed by atoms with Crippen LogP contribution in [0.5, 0.6) is 5.88 Å². The second-order valence-corrected chi connectivity index (χ2v) is 4.65. The fourth-order valence-electron chi connectivity index (χ4n) is 2.09. The summed E-state index contributed by atoms with van der Waals surface area (Å²) >= 11 is 6.01. The van der Waals surface area contributed by atoms with Crippen molar-refractivity contribution >= 4 is 22.4 Å². The number of ether oxygens (including phenoxy) is 1. The van der Waals surface area contributed by atoms with E-state index in [1.54, 1.807) is 6.20 Å². The summed E-state index contributed by atoms with van der Waals surface area (Å²) in [6.07, 6.45) is 3.01. The molecule has 17 heavy (non-hydrogen) atoms. The molecule has 2 aromatic rings. The lowest BCUT2D eigenvalue weighted by Crippen LogP contribution is -2.20. The molecule has 1 fully saturated rings. The van der Waals surface area contributed by atoms with Crippen LogP contribution in [-0.4, -0.2) is 24.2 Å². The average molecular weight is 249 g/mol. The van der Waals surface area contributed by atoms with Gasteiger partial charge in [-0.3, -0.25) is 0 Å². The van der Waals surface area contributed by atoms with E-state index in [9.17, 15) is 0 Å². The molecular formula is C13H13ClN2O. The second-order valence-electron chi connectivity index (χ2n) is 4.21. The number of hydrogen-bond acceptors (Lipinski definition) is 3. The first-order valence-corrected chi connectivity index (χ1v) is 6.12. The summed E-state index contributed by atoms with van der Waals surface area (Å²) in [6.45, 7) is 1.90. The van der Waals surface area contributed by atoms with Crippen molar-refractivity contribution in [2.24, 2.45) is 0 Å². The Labute approximate surface area is 105 Å². The Hall–Kier alpha value is -1.32. The van der Waals surface area contributed by atoms with Crippen LogP contribution in [0.3, 0.4) is 0 Å². The Bertz CT molecular complexity index is 538. The monoisotopic (exact) mass is 248 g/mol. The topological polar surface area (TPSA) is 34.1 Å². The summed E-state index contributed by atoms with van der Waals surface area (Å²) in [7, 11) is 0. The summed E-state index contributed by atoms with van der Waals surface area (Å²) in [5.74, 6) is 0.679. The number of rotatable bonds is 2. The summed E-state index contributed by atoms with van der Waals surface area (Å²) in [6, 6.07) is 7.73. The average Bonchev–Trinajstić information content (AvgIpc) is 2.83. The van der Waals surface area contributed by atoms with Crippen molar-refractivity contribution in [2.45, 2.75) is 12.5 Å². The van der Waals surface area contributed by atoms with Gasteiger partial charge in [-0.2, -0.15) is 0 Å². The van der Waals surface area contributed by atoms with E-state index in [1.807, 2.05) is 24.3 Å². The third kappa shape index (κ3) is 2.21. The highest BCUT2D eigenvalue weighted by Gasteiger charge is 2.17. The van der Waals surface area contributed by atoms with Crippen molar-refractivity contribution in [1.82, 2.24) is 10.3 Å². The molecule has 1 aromatic carbocycles. The largest absolute Gasteiger partial charge is 0.473 e. The number of benzene rings is 1. The van der Waals surface area contributed by atoms with Crippen molar-refractivity contribution in [3.8, 4) is 5.88 Å². The van der Waals surface area contributed by atoms with Crippen molar-refractivity contribution in [3.05, 3.63) is 35.5 Å². The Morgan fingerprint density at radius 1 is 1.35 bits per heavy atom. The molecule has 1 N–H and O–H groups in total. The van der Waals surface area contributed by atoms with Gasteiger partial charge in [0.05, 0.1) is 0 Å². The maximum Gasteiger partial charge on any atom is 0.221 e. The molecule has 0 saturated carbocycles. The Kier molecular flexibility index (Phi) is 2.87. The Morgan fingerprint density at radius 2 is 2.29 bits per heavy atom. The van der Waals surface area contributed by atoms with Gasteiger partial charge in [-0.15, -0.1) is 0 Å². The third-order valence-corrected chi connectivity index (χ3v) is 3.22. The van der Waals surface area contributed by atoms with E-state index < -0.39 is 0 Å². The van der Waals surface area contributed by atoms with Crippen molar-refractivity contribution in [3.63, 3.8) is 0 Å². The summed E-state index contributed by atoms with van der Waals surface area (Å²) in [5, 5.41) is 6.06. The number of aromatic nitrogens is 1. The fourth-order valence-corrected chi connectivity index (χ4v) is 2.27. The highest BCUT2D eigenvalue weighted by atomic mass is 35.5. The molecule has 0 spiro atoms. The lowest BCUT2D eigenvalue weighted by atomic mass is 10.2. The molecule has 0 aliphatic carbocycles. The fraction of sp³-hybridized carbons (Fsp3) is 0.308. The molecule has 0 amide bonds. The van der Waals surface area contributed by atoms with Crippen LogP contribution < -0.4 is 10.1 Å². The molecule has 3 rings (SSSR count). The molecule has 4 heteroatoms. The zero-order chi connectivity index (χ0) is 11.7. The molecule has 88 valence electrons. The number of fused-ring (bicyclic) bond motifs is 1. The summed E-state index contributed by atoms with van der Waals surface area (Å²) in [4.78, 5) is 4.30. The van der Waals surface area contributed by atoms with Crippen LogP contribution in [0.2, 0.25) is 5.02 Å². The van der Waals surface area contributed by atoms with Gasteiger partial charge < -0.3 is 10.1 Å². The molecule has 2 heterocycles. The molecule has 1 saturated heterocycles. The van der Waals surface area contributed by atoms with Gasteiger partial charge in [-0.1, -0.05) is 17.7 Å². The van der Waals surface area contributed by atoms with Gasteiger partial charge in [-0.05, 0) is 36.6 Å².